The van der Waals surface area contributed by atoms with E-state index < -0.39 is 0 Å². The van der Waals surface area contributed by atoms with Crippen LogP contribution in [0.5, 0.6) is 0 Å². The molecule has 0 bridgehead atoms. The zero-order chi connectivity index (χ0) is 20.0. The van der Waals surface area contributed by atoms with E-state index >= 15 is 0 Å². The molecule has 1 aliphatic rings. The molecule has 8 nitrogen and oxygen atoms in total. The van der Waals surface area contributed by atoms with E-state index in [9.17, 15) is 10.1 Å². The lowest BCUT2D eigenvalue weighted by Gasteiger charge is -2.37. The van der Waals surface area contributed by atoms with Crippen LogP contribution in [0.1, 0.15) is 4.88 Å². The van der Waals surface area contributed by atoms with Gasteiger partial charge in [0.05, 0.1) is 15.7 Å². The number of hydrogen-bond acceptors (Lipinski definition) is 8. The summed E-state index contributed by atoms with van der Waals surface area (Å²) in [5, 5.41) is 13.9. The van der Waals surface area contributed by atoms with Crippen LogP contribution >= 0.6 is 11.3 Å². The van der Waals surface area contributed by atoms with Crippen molar-refractivity contribution < 1.29 is 4.92 Å². The molecule has 0 N–H and O–H groups in total. The van der Waals surface area contributed by atoms with Crippen molar-refractivity contribution >= 4 is 49.5 Å². The average molecular weight is 406 g/mol. The number of piperazine rings is 1. The number of fused-ring (bicyclic) bond motifs is 2. The number of pyridine rings is 1. The third-order valence-corrected chi connectivity index (χ3v) is 6.28. The average Bonchev–Trinajstić information content (AvgIpc) is 3.13. The van der Waals surface area contributed by atoms with E-state index in [1.54, 1.807) is 36.1 Å². The molecule has 9 heteroatoms. The van der Waals surface area contributed by atoms with Gasteiger partial charge in [-0.3, -0.25) is 15.1 Å². The SMILES string of the molecule is Cc1cc2c(N3CCN(c4ccc([N+](=O)[O-])c5cnccc45)CC3)ncnc2s1. The minimum atomic E-state index is -0.352. The fourth-order valence-corrected chi connectivity index (χ4v) is 4.81. The van der Waals surface area contributed by atoms with Crippen molar-refractivity contribution in [1.29, 1.82) is 0 Å². The van der Waals surface area contributed by atoms with Gasteiger partial charge in [0.15, 0.2) is 0 Å². The van der Waals surface area contributed by atoms with Crippen LogP contribution in [0.25, 0.3) is 21.0 Å². The summed E-state index contributed by atoms with van der Waals surface area (Å²) in [5.41, 5.74) is 1.10. The summed E-state index contributed by atoms with van der Waals surface area (Å²) in [4.78, 5) is 30.8. The molecule has 0 aliphatic carbocycles. The molecule has 0 radical (unpaired) electrons. The van der Waals surface area contributed by atoms with Crippen LogP contribution in [0, 0.1) is 17.0 Å². The minimum Gasteiger partial charge on any atom is -0.367 e. The summed E-state index contributed by atoms with van der Waals surface area (Å²) in [6.45, 7) is 5.35. The molecule has 1 aliphatic heterocycles. The number of nitro benzene ring substituents is 1. The second kappa shape index (κ2) is 6.93. The molecule has 3 aromatic heterocycles. The second-order valence-corrected chi connectivity index (χ2v) is 8.26. The van der Waals surface area contributed by atoms with E-state index in [1.165, 1.54) is 4.88 Å². The number of thiophene rings is 1. The van der Waals surface area contributed by atoms with Gasteiger partial charge in [-0.05, 0) is 25.1 Å². The maximum atomic E-state index is 11.4. The summed E-state index contributed by atoms with van der Waals surface area (Å²) in [6, 6.07) is 7.43. The molecule has 1 saturated heterocycles. The van der Waals surface area contributed by atoms with Crippen molar-refractivity contribution in [1.82, 2.24) is 15.0 Å². The van der Waals surface area contributed by atoms with Crippen molar-refractivity contribution in [3.63, 3.8) is 0 Å². The number of benzene rings is 1. The Morgan fingerprint density at radius 3 is 2.62 bits per heavy atom. The summed E-state index contributed by atoms with van der Waals surface area (Å²) in [6.07, 6.45) is 4.89. The van der Waals surface area contributed by atoms with Gasteiger partial charge in [-0.25, -0.2) is 9.97 Å². The Morgan fingerprint density at radius 2 is 1.83 bits per heavy atom. The Bertz CT molecular complexity index is 1230. The first-order chi connectivity index (χ1) is 14.1. The van der Waals surface area contributed by atoms with Crippen LogP contribution in [0.2, 0.25) is 0 Å². The van der Waals surface area contributed by atoms with Gasteiger partial charge in [-0.1, -0.05) is 0 Å². The lowest BCUT2D eigenvalue weighted by molar-refractivity contribution is -0.383. The van der Waals surface area contributed by atoms with Crippen LogP contribution in [-0.4, -0.2) is 46.1 Å². The first-order valence-electron chi connectivity index (χ1n) is 9.34. The molecule has 4 heterocycles. The number of anilines is 2. The number of aromatic nitrogens is 3. The lowest BCUT2D eigenvalue weighted by Crippen LogP contribution is -2.47. The third-order valence-electron chi connectivity index (χ3n) is 5.32. The van der Waals surface area contributed by atoms with E-state index in [-0.39, 0.29) is 10.6 Å². The highest BCUT2D eigenvalue weighted by molar-refractivity contribution is 7.18. The van der Waals surface area contributed by atoms with Gasteiger partial charge in [-0.15, -0.1) is 11.3 Å². The molecule has 5 rings (SSSR count). The molecule has 0 amide bonds. The zero-order valence-electron chi connectivity index (χ0n) is 15.8. The Kier molecular flexibility index (Phi) is 4.24. The van der Waals surface area contributed by atoms with Crippen molar-refractivity contribution in [3.05, 3.63) is 58.0 Å². The Hall–Kier alpha value is -3.33. The number of rotatable bonds is 3. The van der Waals surface area contributed by atoms with E-state index in [2.05, 4.69) is 37.7 Å². The van der Waals surface area contributed by atoms with Gasteiger partial charge < -0.3 is 9.80 Å². The quantitative estimate of drug-likeness (QED) is 0.378. The largest absolute Gasteiger partial charge is 0.367 e. The van der Waals surface area contributed by atoms with Crippen LogP contribution in [0.4, 0.5) is 17.2 Å². The number of hydrogen-bond donors (Lipinski definition) is 0. The van der Waals surface area contributed by atoms with Gasteiger partial charge in [0.2, 0.25) is 0 Å². The van der Waals surface area contributed by atoms with Gasteiger partial charge in [0.25, 0.3) is 5.69 Å². The Labute approximate surface area is 170 Å². The normalized spacial score (nSPS) is 14.7. The molecule has 146 valence electrons. The molecule has 1 fully saturated rings. The van der Waals surface area contributed by atoms with E-state index in [4.69, 9.17) is 0 Å². The predicted octanol–water partition coefficient (Wildman–Crippen LogP) is 3.78. The number of non-ortho nitro benzene ring substituents is 1. The zero-order valence-corrected chi connectivity index (χ0v) is 16.6. The van der Waals surface area contributed by atoms with E-state index in [0.717, 1.165) is 53.3 Å². The molecule has 4 aromatic rings. The molecule has 1 aromatic carbocycles. The molecular formula is C20H18N6O2S. The van der Waals surface area contributed by atoms with Gasteiger partial charge in [0.1, 0.15) is 17.0 Å². The van der Waals surface area contributed by atoms with Gasteiger partial charge in [0, 0.05) is 60.6 Å². The summed E-state index contributed by atoms with van der Waals surface area (Å²) in [7, 11) is 0. The van der Waals surface area contributed by atoms with E-state index in [0.29, 0.717) is 5.39 Å². The maximum absolute atomic E-state index is 11.4. The third kappa shape index (κ3) is 3.03. The van der Waals surface area contributed by atoms with E-state index in [1.807, 2.05) is 12.1 Å². The van der Waals surface area contributed by atoms with Crippen molar-refractivity contribution in [2.75, 3.05) is 36.0 Å². The van der Waals surface area contributed by atoms with Gasteiger partial charge >= 0.3 is 0 Å². The molecule has 0 unspecified atom stereocenters. The highest BCUT2D eigenvalue weighted by Crippen LogP contribution is 2.34. The molecular weight excluding hydrogens is 388 g/mol. The lowest BCUT2D eigenvalue weighted by atomic mass is 10.1. The standard InChI is InChI=1S/C20H18N6O2S/c1-13-10-15-19(22-12-23-20(15)29-13)25-8-6-24(7-9-25)17-2-3-18(26(27)28)16-11-21-5-4-14(16)17/h2-5,10-12H,6-9H2,1H3. The fourth-order valence-electron chi connectivity index (χ4n) is 3.97. The first kappa shape index (κ1) is 17.7. The minimum absolute atomic E-state index is 0.0895. The fraction of sp³-hybridized carbons (Fsp3) is 0.250. The summed E-state index contributed by atoms with van der Waals surface area (Å²) < 4.78 is 0. The van der Waals surface area contributed by atoms with Crippen LogP contribution in [0.3, 0.4) is 0 Å². The molecule has 0 saturated carbocycles. The number of aryl methyl sites for hydroxylation is 1. The van der Waals surface area contributed by atoms with Crippen LogP contribution < -0.4 is 9.80 Å². The smallest absolute Gasteiger partial charge is 0.278 e. The molecule has 0 spiro atoms. The Morgan fingerprint density at radius 1 is 1.03 bits per heavy atom. The van der Waals surface area contributed by atoms with Crippen molar-refractivity contribution in [2.45, 2.75) is 6.92 Å². The van der Waals surface area contributed by atoms with Crippen LogP contribution in [-0.2, 0) is 0 Å². The Balaban J connectivity index is 1.44. The topological polar surface area (TPSA) is 88.3 Å². The number of nitrogens with zero attached hydrogens (tertiary/aromatic N) is 6. The predicted molar refractivity (Wildman–Crippen MR) is 115 cm³/mol. The maximum Gasteiger partial charge on any atom is 0.278 e. The number of nitro groups is 1. The summed E-state index contributed by atoms with van der Waals surface area (Å²) in [5.74, 6) is 0.983. The summed E-state index contributed by atoms with van der Waals surface area (Å²) >= 11 is 1.68. The second-order valence-electron chi connectivity index (χ2n) is 7.03. The highest BCUT2D eigenvalue weighted by atomic mass is 32.1. The first-order valence-corrected chi connectivity index (χ1v) is 10.2. The monoisotopic (exact) mass is 406 g/mol. The van der Waals surface area contributed by atoms with Crippen LogP contribution in [0.15, 0.2) is 43.0 Å². The van der Waals surface area contributed by atoms with Gasteiger partial charge in [-0.2, -0.15) is 0 Å². The molecule has 0 atom stereocenters. The van der Waals surface area contributed by atoms with Crippen molar-refractivity contribution in [2.24, 2.45) is 0 Å². The highest BCUT2D eigenvalue weighted by Gasteiger charge is 2.23. The molecule has 29 heavy (non-hydrogen) atoms. The van der Waals surface area contributed by atoms with Crippen molar-refractivity contribution in [3.8, 4) is 0 Å².